The molecule has 0 aromatic carbocycles. The van der Waals surface area contributed by atoms with E-state index in [0.717, 1.165) is 19.5 Å². The van der Waals surface area contributed by atoms with Crippen molar-refractivity contribution < 1.29 is 8.94 Å². The van der Waals surface area contributed by atoms with E-state index in [4.69, 9.17) is 8.94 Å². The van der Waals surface area contributed by atoms with Crippen molar-refractivity contribution in [3.8, 4) is 11.6 Å². The number of halogens is 1. The molecule has 3 heterocycles. The first-order chi connectivity index (χ1) is 7.42. The Bertz CT molecular complexity index is 437. The Labute approximate surface area is 98.6 Å². The first-order valence-electron chi connectivity index (χ1n) is 4.99. The molecule has 5 nitrogen and oxygen atoms in total. The van der Waals surface area contributed by atoms with Crippen molar-refractivity contribution >= 4 is 12.4 Å². The molecule has 3 rings (SSSR count). The van der Waals surface area contributed by atoms with Crippen molar-refractivity contribution in [3.63, 3.8) is 0 Å². The third-order valence-corrected chi connectivity index (χ3v) is 2.54. The quantitative estimate of drug-likeness (QED) is 0.883. The van der Waals surface area contributed by atoms with Gasteiger partial charge < -0.3 is 14.3 Å². The van der Waals surface area contributed by atoms with Crippen LogP contribution in [0.2, 0.25) is 0 Å². The summed E-state index contributed by atoms with van der Waals surface area (Å²) in [7, 11) is 0. The second-order valence-corrected chi connectivity index (χ2v) is 3.72. The molecule has 1 N–H and O–H groups in total. The number of furan rings is 1. The first kappa shape index (κ1) is 11.2. The molecule has 1 saturated heterocycles. The summed E-state index contributed by atoms with van der Waals surface area (Å²) >= 11 is 0. The SMILES string of the molecule is Cl.c1coc(-c2noc(CC3CNC3)n2)c1. The van der Waals surface area contributed by atoms with Gasteiger partial charge in [0.25, 0.3) is 0 Å². The number of hydrogen-bond acceptors (Lipinski definition) is 5. The van der Waals surface area contributed by atoms with Crippen LogP contribution in [0.15, 0.2) is 27.3 Å². The van der Waals surface area contributed by atoms with Gasteiger partial charge in [0.05, 0.1) is 6.26 Å². The fourth-order valence-electron chi connectivity index (χ4n) is 1.58. The van der Waals surface area contributed by atoms with Crippen molar-refractivity contribution in [2.24, 2.45) is 5.92 Å². The normalized spacial score (nSPS) is 15.5. The Kier molecular flexibility index (Phi) is 3.26. The van der Waals surface area contributed by atoms with Crippen LogP contribution in [0.1, 0.15) is 5.89 Å². The van der Waals surface area contributed by atoms with E-state index in [1.807, 2.05) is 6.07 Å². The topological polar surface area (TPSA) is 64.1 Å². The molecule has 0 radical (unpaired) electrons. The average Bonchev–Trinajstić information content (AvgIpc) is 2.82. The molecular formula is C10H12ClN3O2. The van der Waals surface area contributed by atoms with Gasteiger partial charge in [-0.05, 0) is 31.1 Å². The van der Waals surface area contributed by atoms with E-state index < -0.39 is 0 Å². The molecule has 0 atom stereocenters. The fourth-order valence-corrected chi connectivity index (χ4v) is 1.58. The van der Waals surface area contributed by atoms with Gasteiger partial charge in [-0.15, -0.1) is 12.4 Å². The maximum atomic E-state index is 5.18. The monoisotopic (exact) mass is 241 g/mol. The van der Waals surface area contributed by atoms with Gasteiger partial charge in [0.2, 0.25) is 11.7 Å². The second kappa shape index (κ2) is 4.67. The highest BCUT2D eigenvalue weighted by atomic mass is 35.5. The Hall–Kier alpha value is -1.33. The lowest BCUT2D eigenvalue weighted by molar-refractivity contribution is 0.296. The van der Waals surface area contributed by atoms with Crippen LogP contribution in [0.25, 0.3) is 11.6 Å². The molecular weight excluding hydrogens is 230 g/mol. The molecule has 0 spiro atoms. The van der Waals surface area contributed by atoms with E-state index in [1.165, 1.54) is 0 Å². The summed E-state index contributed by atoms with van der Waals surface area (Å²) in [5, 5.41) is 7.08. The van der Waals surface area contributed by atoms with E-state index in [-0.39, 0.29) is 12.4 Å². The van der Waals surface area contributed by atoms with E-state index in [2.05, 4.69) is 15.5 Å². The van der Waals surface area contributed by atoms with Crippen LogP contribution < -0.4 is 5.32 Å². The summed E-state index contributed by atoms with van der Waals surface area (Å²) in [5.74, 6) is 2.50. The van der Waals surface area contributed by atoms with Gasteiger partial charge in [-0.25, -0.2) is 0 Å². The van der Waals surface area contributed by atoms with E-state index in [0.29, 0.717) is 23.4 Å². The van der Waals surface area contributed by atoms with Crippen LogP contribution in [0.3, 0.4) is 0 Å². The molecule has 0 saturated carbocycles. The summed E-state index contributed by atoms with van der Waals surface area (Å²) in [6.07, 6.45) is 2.45. The molecule has 6 heteroatoms. The number of nitrogens with zero attached hydrogens (tertiary/aromatic N) is 2. The molecule has 1 aliphatic heterocycles. The van der Waals surface area contributed by atoms with Crippen LogP contribution in [0.5, 0.6) is 0 Å². The van der Waals surface area contributed by atoms with Crippen LogP contribution in [-0.4, -0.2) is 23.2 Å². The minimum absolute atomic E-state index is 0. The van der Waals surface area contributed by atoms with Crippen molar-refractivity contribution in [1.82, 2.24) is 15.5 Å². The van der Waals surface area contributed by atoms with Crippen LogP contribution >= 0.6 is 12.4 Å². The van der Waals surface area contributed by atoms with Crippen molar-refractivity contribution in [3.05, 3.63) is 24.3 Å². The van der Waals surface area contributed by atoms with Gasteiger partial charge in [0.15, 0.2) is 5.76 Å². The van der Waals surface area contributed by atoms with E-state index in [9.17, 15) is 0 Å². The van der Waals surface area contributed by atoms with Gasteiger partial charge in [-0.1, -0.05) is 5.16 Å². The number of aromatic nitrogens is 2. The average molecular weight is 242 g/mol. The van der Waals surface area contributed by atoms with E-state index in [1.54, 1.807) is 12.3 Å². The highest BCUT2D eigenvalue weighted by Gasteiger charge is 2.20. The summed E-state index contributed by atoms with van der Waals surface area (Å²) in [5.41, 5.74) is 0. The molecule has 2 aromatic rings. The Morgan fingerprint density at radius 3 is 2.94 bits per heavy atom. The zero-order valence-electron chi connectivity index (χ0n) is 8.55. The molecule has 0 unspecified atom stereocenters. The molecule has 2 aromatic heterocycles. The lowest BCUT2D eigenvalue weighted by Crippen LogP contribution is -2.43. The molecule has 16 heavy (non-hydrogen) atoms. The molecule has 86 valence electrons. The van der Waals surface area contributed by atoms with Gasteiger partial charge in [0, 0.05) is 6.42 Å². The maximum Gasteiger partial charge on any atom is 0.238 e. The Morgan fingerprint density at radius 1 is 1.44 bits per heavy atom. The van der Waals surface area contributed by atoms with Gasteiger partial charge >= 0.3 is 0 Å². The third-order valence-electron chi connectivity index (χ3n) is 2.54. The summed E-state index contributed by atoms with van der Waals surface area (Å²) in [6.45, 7) is 2.08. The minimum Gasteiger partial charge on any atom is -0.461 e. The van der Waals surface area contributed by atoms with Crippen LogP contribution in [0.4, 0.5) is 0 Å². The number of nitrogens with one attached hydrogen (secondary N) is 1. The zero-order valence-corrected chi connectivity index (χ0v) is 9.37. The first-order valence-corrected chi connectivity index (χ1v) is 4.99. The third kappa shape index (κ3) is 2.10. The summed E-state index contributed by atoms with van der Waals surface area (Å²) in [6, 6.07) is 3.63. The number of rotatable bonds is 3. The van der Waals surface area contributed by atoms with Crippen LogP contribution in [-0.2, 0) is 6.42 Å². The highest BCUT2D eigenvalue weighted by molar-refractivity contribution is 5.85. The number of hydrogen-bond donors (Lipinski definition) is 1. The standard InChI is InChI=1S/C10H11N3O2.ClH/c1-2-8(14-3-1)10-12-9(15-13-10)4-7-5-11-6-7;/h1-3,7,11H,4-6H2;1H. The fraction of sp³-hybridized carbons (Fsp3) is 0.400. The lowest BCUT2D eigenvalue weighted by Gasteiger charge is -2.25. The van der Waals surface area contributed by atoms with Crippen molar-refractivity contribution in [2.45, 2.75) is 6.42 Å². The predicted molar refractivity (Wildman–Crippen MR) is 59.3 cm³/mol. The molecule has 0 aliphatic carbocycles. The summed E-state index contributed by atoms with van der Waals surface area (Å²) < 4.78 is 10.3. The smallest absolute Gasteiger partial charge is 0.238 e. The largest absolute Gasteiger partial charge is 0.461 e. The predicted octanol–water partition coefficient (Wildman–Crippen LogP) is 1.51. The maximum absolute atomic E-state index is 5.18. The molecule has 0 amide bonds. The summed E-state index contributed by atoms with van der Waals surface area (Å²) in [4.78, 5) is 4.28. The molecule has 1 fully saturated rings. The minimum atomic E-state index is 0. The van der Waals surface area contributed by atoms with Crippen LogP contribution in [0, 0.1) is 5.92 Å². The lowest BCUT2D eigenvalue weighted by atomic mass is 10.00. The highest BCUT2D eigenvalue weighted by Crippen LogP contribution is 2.17. The van der Waals surface area contributed by atoms with Crippen molar-refractivity contribution in [2.75, 3.05) is 13.1 Å². The van der Waals surface area contributed by atoms with Gasteiger partial charge in [-0.2, -0.15) is 4.98 Å². The van der Waals surface area contributed by atoms with Crippen molar-refractivity contribution in [1.29, 1.82) is 0 Å². The molecule has 1 aliphatic rings. The Balaban J connectivity index is 0.000000963. The second-order valence-electron chi connectivity index (χ2n) is 3.72. The van der Waals surface area contributed by atoms with E-state index >= 15 is 0 Å². The zero-order chi connectivity index (χ0) is 10.1. The Morgan fingerprint density at radius 2 is 2.31 bits per heavy atom. The molecule has 0 bridgehead atoms. The van der Waals surface area contributed by atoms with Gasteiger partial charge in [0.1, 0.15) is 0 Å². The van der Waals surface area contributed by atoms with Gasteiger partial charge in [-0.3, -0.25) is 0 Å².